The number of nitrogens with zero attached hydrogens (tertiary/aromatic N) is 2. The third-order valence-corrected chi connectivity index (χ3v) is 2.60. The van der Waals surface area contributed by atoms with Crippen molar-refractivity contribution >= 4 is 5.78 Å². The Hall–Kier alpha value is -0.530. The summed E-state index contributed by atoms with van der Waals surface area (Å²) in [5.41, 5.74) is -0.0359. The molecule has 6 nitrogen and oxygen atoms in total. The van der Waals surface area contributed by atoms with Crippen molar-refractivity contribution in [2.75, 3.05) is 68.7 Å². The third kappa shape index (κ3) is 80.4. The van der Waals surface area contributed by atoms with Crippen LogP contribution in [0.3, 0.4) is 0 Å². The molecule has 1 saturated heterocycles. The van der Waals surface area contributed by atoms with Gasteiger partial charge in [0.2, 0.25) is 0 Å². The van der Waals surface area contributed by atoms with Gasteiger partial charge in [0.25, 0.3) is 0 Å². The van der Waals surface area contributed by atoms with Gasteiger partial charge < -0.3 is 25.0 Å². The first-order valence-corrected chi connectivity index (χ1v) is 7.61. The van der Waals surface area contributed by atoms with Crippen LogP contribution < -0.4 is 5.32 Å². The highest BCUT2D eigenvalue weighted by molar-refractivity contribution is 5.76. The van der Waals surface area contributed by atoms with Gasteiger partial charge in [0.05, 0.1) is 13.2 Å². The third-order valence-electron chi connectivity index (χ3n) is 2.60. The number of likely N-dealkylation sites (N-methyl/N-ethyl adjacent to an activating group) is 1. The summed E-state index contributed by atoms with van der Waals surface area (Å²) in [4.78, 5) is 14.8. The van der Waals surface area contributed by atoms with Gasteiger partial charge in [0.1, 0.15) is 5.78 Å². The number of rotatable bonds is 3. The zero-order valence-electron chi connectivity index (χ0n) is 16.2. The van der Waals surface area contributed by atoms with Crippen molar-refractivity contribution in [3.63, 3.8) is 0 Å². The van der Waals surface area contributed by atoms with Gasteiger partial charge in [0.15, 0.2) is 0 Å². The molecule has 6 heteroatoms. The van der Waals surface area contributed by atoms with Crippen molar-refractivity contribution in [1.82, 2.24) is 15.1 Å². The van der Waals surface area contributed by atoms with E-state index in [0.717, 1.165) is 33.4 Å². The molecule has 0 aromatic rings. The molecule has 30 heavy (non-hydrogen) atoms. The number of aliphatic hydroxyl groups is 1. The van der Waals surface area contributed by atoms with E-state index in [-0.39, 0.29) is 70.7 Å². The molecule has 1 fully saturated rings. The Labute approximate surface area is 196 Å². The summed E-state index contributed by atoms with van der Waals surface area (Å²) >= 11 is 0. The lowest BCUT2D eigenvalue weighted by Gasteiger charge is -2.21. The minimum atomic E-state index is -0.0359. The second kappa shape index (κ2) is 46.6. The summed E-state index contributed by atoms with van der Waals surface area (Å²) in [7, 11) is 11.0. The van der Waals surface area contributed by atoms with Gasteiger partial charge in [-0.1, -0.05) is 59.4 Å². The van der Waals surface area contributed by atoms with Crippen molar-refractivity contribution in [2.45, 2.75) is 92.1 Å². The van der Waals surface area contributed by atoms with Crippen LogP contribution in [0.5, 0.6) is 0 Å². The van der Waals surface area contributed by atoms with E-state index in [1.807, 2.05) is 46.9 Å². The van der Waals surface area contributed by atoms with E-state index in [1.54, 1.807) is 6.92 Å². The molecule has 0 bridgehead atoms. The quantitative estimate of drug-likeness (QED) is 0.568. The average molecular weight is 450 g/mol. The smallest absolute Gasteiger partial charge is 0.131 e. The summed E-state index contributed by atoms with van der Waals surface area (Å²) in [5, 5.41) is 10.1. The predicted molar refractivity (Wildman–Crippen MR) is 148 cm³/mol. The maximum Gasteiger partial charge on any atom is 0.131 e. The first kappa shape index (κ1) is 70.0. The number of hydrogen-bond donors (Lipinski definition) is 2. The van der Waals surface area contributed by atoms with Crippen LogP contribution in [-0.2, 0) is 9.53 Å². The fraction of sp³-hybridized carbons (Fsp3) is 0.958. The Balaban J connectivity index is -0.0000000177. The molecule has 0 amide bonds. The molecule has 0 unspecified atom stereocenters. The van der Waals surface area contributed by atoms with Crippen LogP contribution in [0.25, 0.3) is 0 Å². The Morgan fingerprint density at radius 1 is 0.933 bits per heavy atom. The fourth-order valence-electron chi connectivity index (χ4n) is 1.37. The number of carbonyl (C=O) groups is 1. The maximum absolute atomic E-state index is 10.6. The normalized spacial score (nSPS) is 10.8. The van der Waals surface area contributed by atoms with Gasteiger partial charge in [0, 0.05) is 32.2 Å². The number of ketones is 1. The molecular formula is C24H71N3O3. The van der Waals surface area contributed by atoms with E-state index in [2.05, 4.69) is 17.3 Å². The average Bonchev–Trinajstić information content (AvgIpc) is 2.41. The lowest BCUT2D eigenvalue weighted by Crippen LogP contribution is -2.37. The van der Waals surface area contributed by atoms with Gasteiger partial charge in [-0.3, -0.25) is 4.79 Å². The van der Waals surface area contributed by atoms with Crippen molar-refractivity contribution in [3.8, 4) is 0 Å². The van der Waals surface area contributed by atoms with Gasteiger partial charge in [-0.15, -0.1) is 0 Å². The Morgan fingerprint density at radius 2 is 1.20 bits per heavy atom. The molecule has 1 aliphatic heterocycles. The molecule has 2 N–H and O–H groups in total. The predicted octanol–water partition coefficient (Wildman–Crippen LogP) is 5.79. The highest BCUT2D eigenvalue weighted by Gasteiger charge is 2.15. The maximum atomic E-state index is 10.6. The Bertz CT molecular complexity index is 241. The van der Waals surface area contributed by atoms with Crippen molar-refractivity contribution < 1.29 is 14.6 Å². The van der Waals surface area contributed by atoms with Crippen LogP contribution in [0, 0.1) is 0 Å². The number of aliphatic hydroxyl groups excluding tert-OH is 1. The highest BCUT2D eigenvalue weighted by Crippen LogP contribution is 2.06. The first-order valence-electron chi connectivity index (χ1n) is 7.61. The molecule has 0 aliphatic carbocycles. The van der Waals surface area contributed by atoms with E-state index < -0.39 is 0 Å². The van der Waals surface area contributed by atoms with Crippen LogP contribution in [-0.4, -0.2) is 94.9 Å². The molecule has 0 radical (unpaired) electrons. The van der Waals surface area contributed by atoms with E-state index in [9.17, 15) is 4.79 Å². The summed E-state index contributed by atoms with van der Waals surface area (Å²) in [5.74, 6) is 0.231. The molecule has 1 heterocycles. The summed E-state index contributed by atoms with van der Waals surface area (Å²) in [6, 6.07) is 0. The number of hydrogen-bond acceptors (Lipinski definition) is 6. The summed E-state index contributed by atoms with van der Waals surface area (Å²) in [6.07, 6.45) is 0.601. The van der Waals surface area contributed by atoms with E-state index in [1.165, 1.54) is 0 Å². The van der Waals surface area contributed by atoms with Crippen LogP contribution in [0.1, 0.15) is 86.6 Å². The molecule has 1 aliphatic rings. The van der Waals surface area contributed by atoms with Crippen molar-refractivity contribution in [1.29, 1.82) is 0 Å². The zero-order valence-corrected chi connectivity index (χ0v) is 16.2. The number of ether oxygens (including phenoxy) is 1. The van der Waals surface area contributed by atoms with Crippen molar-refractivity contribution in [3.05, 3.63) is 0 Å². The van der Waals surface area contributed by atoms with Crippen LogP contribution in [0.4, 0.5) is 0 Å². The minimum absolute atomic E-state index is 0. The molecule has 0 spiro atoms. The number of carbonyl (C=O) groups excluding carboxylic acids is 1. The molecular weight excluding hydrogens is 378 g/mol. The lowest BCUT2D eigenvalue weighted by molar-refractivity contribution is -0.118. The second-order valence-electron chi connectivity index (χ2n) is 6.27. The van der Waals surface area contributed by atoms with Crippen LogP contribution in [0.15, 0.2) is 0 Å². The molecule has 0 saturated carbocycles. The van der Waals surface area contributed by atoms with Gasteiger partial charge in [-0.25, -0.2) is 0 Å². The highest BCUT2D eigenvalue weighted by atomic mass is 16.5. The number of nitrogens with one attached hydrogen (secondary N) is 1. The van der Waals surface area contributed by atoms with E-state index in [4.69, 9.17) is 9.84 Å². The van der Waals surface area contributed by atoms with Crippen LogP contribution >= 0.6 is 0 Å². The topological polar surface area (TPSA) is 65.0 Å². The van der Waals surface area contributed by atoms with E-state index in [0.29, 0.717) is 6.42 Å². The Morgan fingerprint density at radius 3 is 1.30 bits per heavy atom. The summed E-state index contributed by atoms with van der Waals surface area (Å²) in [6.45, 7) is 9.65. The van der Waals surface area contributed by atoms with Crippen LogP contribution in [0.2, 0.25) is 0 Å². The molecule has 0 aromatic heterocycles. The van der Waals surface area contributed by atoms with Gasteiger partial charge in [-0.2, -0.15) is 0 Å². The molecule has 200 valence electrons. The number of Topliss-reactive ketones (excluding diaryl/α,β-unsaturated/α-hetero) is 1. The lowest BCUT2D eigenvalue weighted by atomic mass is 9.99. The monoisotopic (exact) mass is 450 g/mol. The SMILES string of the molecule is C.C.C.C.C.C.C.C.CN(C)C.CN1CCOCC1.CNC(C)(C)CC(C)=O.CO. The standard InChI is InChI=1S/C7H15NO.C5H11NO.C3H9N.CH4O.8CH4/c1-6(9)5-7(2,3)8-4;1-6-2-4-7-5-3-6;1-4(2)3;1-2;;;;;;;;/h8H,5H2,1-4H3;2-5H2,1H3;1-3H3;2H,1H3;8*1H4. The van der Waals surface area contributed by atoms with Gasteiger partial charge >= 0.3 is 0 Å². The second-order valence-corrected chi connectivity index (χ2v) is 6.27. The van der Waals surface area contributed by atoms with Gasteiger partial charge in [-0.05, 0) is 56.0 Å². The number of morpholine rings is 1. The Kier molecular flexibility index (Phi) is 109. The largest absolute Gasteiger partial charge is 0.400 e. The zero-order chi connectivity index (χ0) is 18.2. The summed E-state index contributed by atoms with van der Waals surface area (Å²) < 4.78 is 5.10. The molecule has 0 atom stereocenters. The fourth-order valence-corrected chi connectivity index (χ4v) is 1.37. The van der Waals surface area contributed by atoms with E-state index >= 15 is 0 Å². The van der Waals surface area contributed by atoms with Crippen molar-refractivity contribution in [2.24, 2.45) is 0 Å². The molecule has 1 rings (SSSR count). The first-order chi connectivity index (χ1) is 10.1. The molecule has 0 aromatic carbocycles. The minimum Gasteiger partial charge on any atom is -0.400 e.